The van der Waals surface area contributed by atoms with E-state index in [9.17, 15) is 9.59 Å². The molecule has 2 aromatic rings. The second-order valence-corrected chi connectivity index (χ2v) is 5.83. The zero-order chi connectivity index (χ0) is 16.2. The van der Waals surface area contributed by atoms with Gasteiger partial charge in [0.15, 0.2) is 11.6 Å². The van der Waals surface area contributed by atoms with Crippen LogP contribution in [-0.4, -0.2) is 34.6 Å². The van der Waals surface area contributed by atoms with Gasteiger partial charge in [0.25, 0.3) is 0 Å². The molecule has 3 heterocycles. The first-order chi connectivity index (χ1) is 11.1. The third-order valence-electron chi connectivity index (χ3n) is 4.19. The number of piperidine rings is 1. The molecular formula is C18H19N3O2. The molecule has 0 N–H and O–H groups in total. The van der Waals surface area contributed by atoms with E-state index >= 15 is 0 Å². The fourth-order valence-electron chi connectivity index (χ4n) is 2.90. The van der Waals surface area contributed by atoms with E-state index in [0.717, 1.165) is 25.2 Å². The summed E-state index contributed by atoms with van der Waals surface area (Å²) >= 11 is 0. The van der Waals surface area contributed by atoms with E-state index in [4.69, 9.17) is 0 Å². The van der Waals surface area contributed by atoms with E-state index in [1.807, 2.05) is 18.2 Å². The Morgan fingerprint density at radius 1 is 1.17 bits per heavy atom. The van der Waals surface area contributed by atoms with Gasteiger partial charge in [0.2, 0.25) is 0 Å². The highest BCUT2D eigenvalue weighted by atomic mass is 16.1. The Balaban J connectivity index is 1.73. The normalized spacial score (nSPS) is 17.8. The largest absolute Gasteiger partial charge is 0.356 e. The number of carbonyl (C=O) groups is 2. The summed E-state index contributed by atoms with van der Waals surface area (Å²) in [6.45, 7) is 3.04. The van der Waals surface area contributed by atoms with Crippen LogP contribution in [0.3, 0.4) is 0 Å². The molecule has 1 saturated heterocycles. The van der Waals surface area contributed by atoms with Crippen molar-refractivity contribution in [1.29, 1.82) is 0 Å². The summed E-state index contributed by atoms with van der Waals surface area (Å²) in [5, 5.41) is 0. The lowest BCUT2D eigenvalue weighted by Gasteiger charge is -2.32. The zero-order valence-electron chi connectivity index (χ0n) is 13.1. The standard InChI is InChI=1S/C18H19N3O2/c1-13(22)14-7-8-17(20-11-14)21-10-4-5-15(12-21)18(23)16-6-2-3-9-19-16/h2-3,6-9,11,15H,4-5,10,12H2,1H3. The van der Waals surface area contributed by atoms with Gasteiger partial charge < -0.3 is 4.90 Å². The van der Waals surface area contributed by atoms with Crippen molar-refractivity contribution < 1.29 is 9.59 Å². The molecule has 0 aromatic carbocycles. The van der Waals surface area contributed by atoms with E-state index in [-0.39, 0.29) is 17.5 Å². The molecule has 0 spiro atoms. The molecule has 5 nitrogen and oxygen atoms in total. The molecule has 0 saturated carbocycles. The number of hydrogen-bond donors (Lipinski definition) is 0. The van der Waals surface area contributed by atoms with E-state index in [0.29, 0.717) is 17.8 Å². The highest BCUT2D eigenvalue weighted by Crippen LogP contribution is 2.24. The van der Waals surface area contributed by atoms with Gasteiger partial charge in [-0.05, 0) is 44.0 Å². The minimum Gasteiger partial charge on any atom is -0.356 e. The Bertz CT molecular complexity index is 698. The van der Waals surface area contributed by atoms with Gasteiger partial charge in [-0.3, -0.25) is 14.6 Å². The van der Waals surface area contributed by atoms with Gasteiger partial charge in [0.1, 0.15) is 11.5 Å². The molecule has 3 rings (SSSR count). The van der Waals surface area contributed by atoms with E-state index < -0.39 is 0 Å². The first-order valence-electron chi connectivity index (χ1n) is 7.82. The van der Waals surface area contributed by atoms with Crippen LogP contribution in [0.25, 0.3) is 0 Å². The number of carbonyl (C=O) groups excluding carboxylic acids is 2. The maximum absolute atomic E-state index is 12.6. The summed E-state index contributed by atoms with van der Waals surface area (Å²) < 4.78 is 0. The summed E-state index contributed by atoms with van der Waals surface area (Å²) in [6.07, 6.45) is 5.06. The molecule has 2 aromatic heterocycles. The minimum atomic E-state index is -0.0621. The molecule has 1 atom stereocenters. The lowest BCUT2D eigenvalue weighted by Crippen LogP contribution is -2.39. The number of Topliss-reactive ketones (excluding diaryl/α,β-unsaturated/α-hetero) is 2. The first-order valence-corrected chi connectivity index (χ1v) is 7.82. The molecular weight excluding hydrogens is 290 g/mol. The first kappa shape index (κ1) is 15.3. The SMILES string of the molecule is CC(=O)c1ccc(N2CCCC(C(=O)c3ccccn3)C2)nc1. The maximum atomic E-state index is 12.6. The van der Waals surface area contributed by atoms with Gasteiger partial charge in [0, 0.05) is 37.0 Å². The molecule has 0 radical (unpaired) electrons. The zero-order valence-corrected chi connectivity index (χ0v) is 13.1. The van der Waals surface area contributed by atoms with Gasteiger partial charge in [-0.1, -0.05) is 6.07 Å². The maximum Gasteiger partial charge on any atom is 0.185 e. The Kier molecular flexibility index (Phi) is 4.46. The molecule has 0 bridgehead atoms. The Morgan fingerprint density at radius 2 is 2.04 bits per heavy atom. The third kappa shape index (κ3) is 3.44. The Labute approximate surface area is 135 Å². The van der Waals surface area contributed by atoms with Gasteiger partial charge in [0.05, 0.1) is 0 Å². The van der Waals surface area contributed by atoms with Crippen LogP contribution in [-0.2, 0) is 0 Å². The predicted octanol–water partition coefficient (Wildman–Crippen LogP) is 2.78. The lowest BCUT2D eigenvalue weighted by molar-refractivity contribution is 0.0901. The summed E-state index contributed by atoms with van der Waals surface area (Å²) in [6, 6.07) is 9.05. The fourth-order valence-corrected chi connectivity index (χ4v) is 2.90. The second-order valence-electron chi connectivity index (χ2n) is 5.83. The van der Waals surface area contributed by atoms with Crippen molar-refractivity contribution in [3.8, 4) is 0 Å². The van der Waals surface area contributed by atoms with Crippen molar-refractivity contribution in [2.45, 2.75) is 19.8 Å². The molecule has 1 aliphatic rings. The monoisotopic (exact) mass is 309 g/mol. The van der Waals surface area contributed by atoms with Crippen LogP contribution in [0.15, 0.2) is 42.7 Å². The smallest absolute Gasteiger partial charge is 0.185 e. The predicted molar refractivity (Wildman–Crippen MR) is 87.7 cm³/mol. The second kappa shape index (κ2) is 6.69. The van der Waals surface area contributed by atoms with Crippen LogP contribution in [0, 0.1) is 5.92 Å². The van der Waals surface area contributed by atoms with Crippen LogP contribution in [0.5, 0.6) is 0 Å². The number of anilines is 1. The number of hydrogen-bond acceptors (Lipinski definition) is 5. The van der Waals surface area contributed by atoms with Crippen LogP contribution in [0.1, 0.15) is 40.6 Å². The van der Waals surface area contributed by atoms with Gasteiger partial charge in [-0.15, -0.1) is 0 Å². The summed E-state index contributed by atoms with van der Waals surface area (Å²) in [7, 11) is 0. The van der Waals surface area contributed by atoms with E-state index in [1.54, 1.807) is 24.5 Å². The molecule has 0 amide bonds. The van der Waals surface area contributed by atoms with Crippen LogP contribution < -0.4 is 4.90 Å². The average molecular weight is 309 g/mol. The average Bonchev–Trinajstić information content (AvgIpc) is 2.62. The third-order valence-corrected chi connectivity index (χ3v) is 4.19. The van der Waals surface area contributed by atoms with Gasteiger partial charge in [-0.2, -0.15) is 0 Å². The quantitative estimate of drug-likeness (QED) is 0.813. The Hall–Kier alpha value is -2.56. The lowest BCUT2D eigenvalue weighted by atomic mass is 9.92. The molecule has 1 unspecified atom stereocenters. The van der Waals surface area contributed by atoms with Gasteiger partial charge >= 0.3 is 0 Å². The van der Waals surface area contributed by atoms with Gasteiger partial charge in [-0.25, -0.2) is 4.98 Å². The summed E-state index contributed by atoms with van der Waals surface area (Å²) in [5.74, 6) is 0.850. The summed E-state index contributed by atoms with van der Waals surface area (Å²) in [4.78, 5) is 34.5. The number of nitrogens with zero attached hydrogens (tertiary/aromatic N) is 3. The number of rotatable bonds is 4. The number of pyridine rings is 2. The van der Waals surface area contributed by atoms with Crippen LogP contribution >= 0.6 is 0 Å². The van der Waals surface area contributed by atoms with Crippen molar-refractivity contribution >= 4 is 17.4 Å². The fraction of sp³-hybridized carbons (Fsp3) is 0.333. The van der Waals surface area contributed by atoms with E-state index in [1.165, 1.54) is 6.92 Å². The number of ketones is 2. The van der Waals surface area contributed by atoms with Crippen LogP contribution in [0.2, 0.25) is 0 Å². The molecule has 5 heteroatoms. The van der Waals surface area contributed by atoms with Crippen molar-refractivity contribution in [2.24, 2.45) is 5.92 Å². The Morgan fingerprint density at radius 3 is 2.70 bits per heavy atom. The van der Waals surface area contributed by atoms with E-state index in [2.05, 4.69) is 14.9 Å². The van der Waals surface area contributed by atoms with Crippen molar-refractivity contribution in [3.05, 3.63) is 54.0 Å². The number of aromatic nitrogens is 2. The van der Waals surface area contributed by atoms with Crippen molar-refractivity contribution in [3.63, 3.8) is 0 Å². The summed E-state index contributed by atoms with van der Waals surface area (Å²) in [5.41, 5.74) is 1.13. The molecule has 0 aliphatic carbocycles. The topological polar surface area (TPSA) is 63.2 Å². The van der Waals surface area contributed by atoms with Crippen molar-refractivity contribution in [1.82, 2.24) is 9.97 Å². The minimum absolute atomic E-state index is 0.00546. The van der Waals surface area contributed by atoms with Crippen molar-refractivity contribution in [2.75, 3.05) is 18.0 Å². The van der Waals surface area contributed by atoms with Crippen LogP contribution in [0.4, 0.5) is 5.82 Å². The molecule has 1 aliphatic heterocycles. The molecule has 23 heavy (non-hydrogen) atoms. The highest BCUT2D eigenvalue weighted by molar-refractivity contribution is 5.96. The molecule has 1 fully saturated rings. The highest BCUT2D eigenvalue weighted by Gasteiger charge is 2.27. The molecule has 118 valence electrons.